The third kappa shape index (κ3) is 6.21. The molecule has 1 heterocycles. The first kappa shape index (κ1) is 21.3. The zero-order valence-electron chi connectivity index (χ0n) is 15.2. The monoisotopic (exact) mass is 368 g/mol. The van der Waals surface area contributed by atoms with Gasteiger partial charge in [0, 0.05) is 19.1 Å². The fourth-order valence-corrected chi connectivity index (χ4v) is 3.07. The van der Waals surface area contributed by atoms with Crippen molar-refractivity contribution in [3.05, 3.63) is 29.8 Å². The average molecular weight is 369 g/mol. The van der Waals surface area contributed by atoms with E-state index < -0.39 is 0 Å². The number of urea groups is 1. The van der Waals surface area contributed by atoms with Gasteiger partial charge in [0.05, 0.1) is 11.3 Å². The van der Waals surface area contributed by atoms with E-state index in [1.807, 2.05) is 37.9 Å². The van der Waals surface area contributed by atoms with Crippen LogP contribution < -0.4 is 16.0 Å². The lowest BCUT2D eigenvalue weighted by atomic mass is 9.97. The number of carbonyl (C=O) groups is 2. The Balaban J connectivity index is 0.00000312. The van der Waals surface area contributed by atoms with Gasteiger partial charge >= 0.3 is 6.03 Å². The van der Waals surface area contributed by atoms with Crippen LogP contribution in [0.15, 0.2) is 24.3 Å². The number of anilines is 1. The number of rotatable bonds is 5. The first-order chi connectivity index (χ1) is 11.5. The Bertz CT molecular complexity index is 578. The number of hydrogen-bond acceptors (Lipinski definition) is 3. The van der Waals surface area contributed by atoms with E-state index in [-0.39, 0.29) is 30.4 Å². The van der Waals surface area contributed by atoms with Crippen LogP contribution in [0.2, 0.25) is 0 Å². The van der Waals surface area contributed by atoms with Crippen LogP contribution in [0.25, 0.3) is 0 Å². The molecule has 2 rings (SSSR count). The van der Waals surface area contributed by atoms with E-state index in [1.54, 1.807) is 12.1 Å². The summed E-state index contributed by atoms with van der Waals surface area (Å²) in [6.45, 7) is 6.23. The molecule has 1 saturated heterocycles. The van der Waals surface area contributed by atoms with Gasteiger partial charge in [0.1, 0.15) is 0 Å². The Labute approximate surface area is 156 Å². The molecule has 0 spiro atoms. The SMILES string of the molecule is CNCC1CCCN(C(=O)c2ccccc2NC(=O)NC(C)C)C1.Cl. The molecular weight excluding hydrogens is 340 g/mol. The van der Waals surface area contributed by atoms with E-state index in [0.717, 1.165) is 32.5 Å². The molecule has 7 heteroatoms. The zero-order chi connectivity index (χ0) is 17.5. The highest BCUT2D eigenvalue weighted by Crippen LogP contribution is 2.22. The van der Waals surface area contributed by atoms with Gasteiger partial charge in [0.15, 0.2) is 0 Å². The number of hydrogen-bond donors (Lipinski definition) is 3. The summed E-state index contributed by atoms with van der Waals surface area (Å²) >= 11 is 0. The molecule has 1 aliphatic heterocycles. The van der Waals surface area contributed by atoms with E-state index in [4.69, 9.17) is 0 Å². The van der Waals surface area contributed by atoms with Crippen molar-refractivity contribution in [1.82, 2.24) is 15.5 Å². The van der Waals surface area contributed by atoms with Crippen LogP contribution in [-0.2, 0) is 0 Å². The molecule has 1 aromatic carbocycles. The zero-order valence-corrected chi connectivity index (χ0v) is 16.0. The summed E-state index contributed by atoms with van der Waals surface area (Å²) in [4.78, 5) is 26.8. The molecular formula is C18H29ClN4O2. The van der Waals surface area contributed by atoms with Crippen LogP contribution in [0.1, 0.15) is 37.0 Å². The molecule has 140 valence electrons. The number of halogens is 1. The topological polar surface area (TPSA) is 73.5 Å². The highest BCUT2D eigenvalue weighted by Gasteiger charge is 2.25. The molecule has 0 saturated carbocycles. The molecule has 0 bridgehead atoms. The predicted octanol–water partition coefficient (Wildman–Crippen LogP) is 2.71. The number of benzene rings is 1. The smallest absolute Gasteiger partial charge is 0.319 e. The Kier molecular flexibility index (Phi) is 8.72. The third-order valence-electron chi connectivity index (χ3n) is 4.12. The lowest BCUT2D eigenvalue weighted by Gasteiger charge is -2.33. The Morgan fingerprint density at radius 1 is 1.28 bits per heavy atom. The van der Waals surface area contributed by atoms with Crippen molar-refractivity contribution < 1.29 is 9.59 Å². The molecule has 1 unspecified atom stereocenters. The largest absolute Gasteiger partial charge is 0.338 e. The number of likely N-dealkylation sites (tertiary alicyclic amines) is 1. The second-order valence-electron chi connectivity index (χ2n) is 6.62. The molecule has 0 aliphatic carbocycles. The maximum Gasteiger partial charge on any atom is 0.319 e. The van der Waals surface area contributed by atoms with Crippen molar-refractivity contribution in [2.24, 2.45) is 5.92 Å². The number of nitrogens with one attached hydrogen (secondary N) is 3. The summed E-state index contributed by atoms with van der Waals surface area (Å²) in [6, 6.07) is 6.93. The number of carbonyl (C=O) groups excluding carboxylic acids is 2. The third-order valence-corrected chi connectivity index (χ3v) is 4.12. The highest BCUT2D eigenvalue weighted by molar-refractivity contribution is 6.03. The van der Waals surface area contributed by atoms with E-state index in [2.05, 4.69) is 16.0 Å². The van der Waals surface area contributed by atoms with Gasteiger partial charge in [-0.25, -0.2) is 4.79 Å². The maximum absolute atomic E-state index is 12.9. The van der Waals surface area contributed by atoms with Crippen LogP contribution in [0.4, 0.5) is 10.5 Å². The molecule has 1 atom stereocenters. The van der Waals surface area contributed by atoms with Gasteiger partial charge in [0.25, 0.3) is 5.91 Å². The van der Waals surface area contributed by atoms with Crippen molar-refractivity contribution in [2.45, 2.75) is 32.7 Å². The first-order valence-electron chi connectivity index (χ1n) is 8.61. The maximum atomic E-state index is 12.9. The highest BCUT2D eigenvalue weighted by atomic mass is 35.5. The van der Waals surface area contributed by atoms with Crippen molar-refractivity contribution in [2.75, 3.05) is 32.0 Å². The summed E-state index contributed by atoms with van der Waals surface area (Å²) in [6.07, 6.45) is 2.16. The van der Waals surface area contributed by atoms with Gasteiger partial charge < -0.3 is 20.9 Å². The molecule has 25 heavy (non-hydrogen) atoms. The number of nitrogens with zero attached hydrogens (tertiary/aromatic N) is 1. The minimum absolute atomic E-state index is 0. The van der Waals surface area contributed by atoms with Gasteiger partial charge in [0.2, 0.25) is 0 Å². The van der Waals surface area contributed by atoms with E-state index in [0.29, 0.717) is 17.2 Å². The van der Waals surface area contributed by atoms with Gasteiger partial charge in [-0.1, -0.05) is 12.1 Å². The summed E-state index contributed by atoms with van der Waals surface area (Å²) in [5.74, 6) is 0.466. The molecule has 3 amide bonds. The summed E-state index contributed by atoms with van der Waals surface area (Å²) in [5, 5.41) is 8.75. The van der Waals surface area contributed by atoms with Gasteiger partial charge in [-0.15, -0.1) is 12.4 Å². The Hall–Kier alpha value is -1.79. The van der Waals surface area contributed by atoms with Crippen molar-refractivity contribution in [3.63, 3.8) is 0 Å². The Morgan fingerprint density at radius 2 is 2.00 bits per heavy atom. The van der Waals surface area contributed by atoms with Crippen LogP contribution in [-0.4, -0.2) is 49.6 Å². The van der Waals surface area contributed by atoms with Crippen LogP contribution in [0.3, 0.4) is 0 Å². The second-order valence-corrected chi connectivity index (χ2v) is 6.62. The minimum atomic E-state index is -0.294. The fraction of sp³-hybridized carbons (Fsp3) is 0.556. The lowest BCUT2D eigenvalue weighted by Crippen LogP contribution is -2.43. The number of para-hydroxylation sites is 1. The van der Waals surface area contributed by atoms with Crippen LogP contribution >= 0.6 is 12.4 Å². The van der Waals surface area contributed by atoms with Crippen molar-refractivity contribution >= 4 is 30.0 Å². The molecule has 6 nitrogen and oxygen atoms in total. The molecule has 0 aromatic heterocycles. The van der Waals surface area contributed by atoms with Crippen LogP contribution in [0, 0.1) is 5.92 Å². The molecule has 1 aromatic rings. The normalized spacial score (nSPS) is 17.0. The average Bonchev–Trinajstić information content (AvgIpc) is 2.54. The number of amides is 3. The second kappa shape index (κ2) is 10.3. The van der Waals surface area contributed by atoms with Gasteiger partial charge in [-0.05, 0) is 58.3 Å². The molecule has 0 radical (unpaired) electrons. The molecule has 3 N–H and O–H groups in total. The first-order valence-corrected chi connectivity index (χ1v) is 8.61. The van der Waals surface area contributed by atoms with E-state index >= 15 is 0 Å². The summed E-state index contributed by atoms with van der Waals surface area (Å²) < 4.78 is 0. The Morgan fingerprint density at radius 3 is 2.68 bits per heavy atom. The lowest BCUT2D eigenvalue weighted by molar-refractivity contribution is 0.0675. The summed E-state index contributed by atoms with van der Waals surface area (Å²) in [7, 11) is 1.94. The van der Waals surface area contributed by atoms with Gasteiger partial charge in [-0.3, -0.25) is 4.79 Å². The standard InChI is InChI=1S/C18H28N4O2.ClH/c1-13(2)20-18(24)21-16-9-5-4-8-15(16)17(23)22-10-6-7-14(12-22)11-19-3;/h4-5,8-9,13-14,19H,6-7,10-12H2,1-3H3,(H2,20,21,24);1H. The quantitative estimate of drug-likeness (QED) is 0.748. The molecule has 1 aliphatic rings. The van der Waals surface area contributed by atoms with Gasteiger partial charge in [-0.2, -0.15) is 0 Å². The van der Waals surface area contributed by atoms with Crippen molar-refractivity contribution in [1.29, 1.82) is 0 Å². The minimum Gasteiger partial charge on any atom is -0.338 e. The molecule has 1 fully saturated rings. The fourth-order valence-electron chi connectivity index (χ4n) is 3.07. The van der Waals surface area contributed by atoms with E-state index in [9.17, 15) is 9.59 Å². The predicted molar refractivity (Wildman–Crippen MR) is 104 cm³/mol. The van der Waals surface area contributed by atoms with Crippen molar-refractivity contribution in [3.8, 4) is 0 Å². The number of piperidine rings is 1. The van der Waals surface area contributed by atoms with Crippen LogP contribution in [0.5, 0.6) is 0 Å². The summed E-state index contributed by atoms with van der Waals surface area (Å²) in [5.41, 5.74) is 1.10. The van der Waals surface area contributed by atoms with E-state index in [1.165, 1.54) is 0 Å².